The summed E-state index contributed by atoms with van der Waals surface area (Å²) in [5.74, 6) is 1.83. The van der Waals surface area contributed by atoms with Crippen LogP contribution in [-0.2, 0) is 5.33 Å². The van der Waals surface area contributed by atoms with E-state index in [-0.39, 0.29) is 0 Å². The molecule has 1 atom stereocenters. The Morgan fingerprint density at radius 3 is 2.65 bits per heavy atom. The van der Waals surface area contributed by atoms with E-state index in [0.717, 1.165) is 17.3 Å². The molecule has 0 saturated carbocycles. The minimum Gasteiger partial charge on any atom is -0.493 e. The first-order chi connectivity index (χ1) is 8.12. The Kier molecular flexibility index (Phi) is 6.14. The Labute approximate surface area is 116 Å². The van der Waals surface area contributed by atoms with Crippen LogP contribution in [-0.4, -0.2) is 13.7 Å². The molecular weight excluding hydrogens is 303 g/mol. The van der Waals surface area contributed by atoms with E-state index < -0.39 is 0 Å². The molecule has 0 saturated heterocycles. The van der Waals surface area contributed by atoms with E-state index >= 15 is 0 Å². The molecule has 0 aliphatic heterocycles. The molecule has 0 spiro atoms. The molecule has 0 heterocycles. The SMILES string of the molecule is CCC(C)COc1c(Cl)cc(CBr)cc1OC. The van der Waals surface area contributed by atoms with Crippen LogP contribution in [0.3, 0.4) is 0 Å². The number of benzene rings is 1. The summed E-state index contributed by atoms with van der Waals surface area (Å²) < 4.78 is 11.0. The molecule has 0 aliphatic carbocycles. The summed E-state index contributed by atoms with van der Waals surface area (Å²) in [4.78, 5) is 0. The Hall–Kier alpha value is -0.410. The predicted octanol–water partition coefficient (Wildman–Crippen LogP) is 4.67. The lowest BCUT2D eigenvalue weighted by Gasteiger charge is -2.16. The van der Waals surface area contributed by atoms with E-state index in [2.05, 4.69) is 29.8 Å². The Balaban J connectivity index is 2.89. The molecule has 0 aliphatic rings. The average Bonchev–Trinajstić information content (AvgIpc) is 2.35. The molecule has 1 aromatic carbocycles. The second-order valence-corrected chi connectivity index (χ2v) is 5.04. The highest BCUT2D eigenvalue weighted by atomic mass is 79.9. The smallest absolute Gasteiger partial charge is 0.179 e. The van der Waals surface area contributed by atoms with Crippen molar-refractivity contribution >= 4 is 27.5 Å². The molecule has 4 heteroatoms. The van der Waals surface area contributed by atoms with Gasteiger partial charge in [-0.3, -0.25) is 0 Å². The maximum absolute atomic E-state index is 6.19. The fraction of sp³-hybridized carbons (Fsp3) is 0.538. The van der Waals surface area contributed by atoms with Crippen molar-refractivity contribution in [3.63, 3.8) is 0 Å². The molecule has 96 valence electrons. The molecule has 0 fully saturated rings. The number of hydrogen-bond acceptors (Lipinski definition) is 2. The van der Waals surface area contributed by atoms with Crippen LogP contribution in [0, 0.1) is 5.92 Å². The zero-order valence-corrected chi connectivity index (χ0v) is 12.8. The van der Waals surface area contributed by atoms with Crippen LogP contribution in [0.4, 0.5) is 0 Å². The van der Waals surface area contributed by atoms with Gasteiger partial charge >= 0.3 is 0 Å². The lowest BCUT2D eigenvalue weighted by molar-refractivity contribution is 0.244. The van der Waals surface area contributed by atoms with Crippen molar-refractivity contribution in [1.82, 2.24) is 0 Å². The molecule has 0 aromatic heterocycles. The predicted molar refractivity (Wildman–Crippen MR) is 75.6 cm³/mol. The molecule has 0 bridgehead atoms. The number of alkyl halides is 1. The Morgan fingerprint density at radius 1 is 1.41 bits per heavy atom. The van der Waals surface area contributed by atoms with Crippen molar-refractivity contribution in [3.8, 4) is 11.5 Å². The third kappa shape index (κ3) is 4.07. The molecular formula is C13H18BrClO2. The van der Waals surface area contributed by atoms with Gasteiger partial charge in [0.1, 0.15) is 0 Å². The van der Waals surface area contributed by atoms with Gasteiger partial charge < -0.3 is 9.47 Å². The third-order valence-corrected chi connectivity index (χ3v) is 3.58. The van der Waals surface area contributed by atoms with Crippen molar-refractivity contribution in [1.29, 1.82) is 0 Å². The van der Waals surface area contributed by atoms with E-state index in [1.165, 1.54) is 0 Å². The third-order valence-electron chi connectivity index (χ3n) is 2.65. The van der Waals surface area contributed by atoms with Crippen molar-refractivity contribution in [2.45, 2.75) is 25.6 Å². The van der Waals surface area contributed by atoms with Gasteiger partial charge in [-0.2, -0.15) is 0 Å². The summed E-state index contributed by atoms with van der Waals surface area (Å²) in [5, 5.41) is 1.34. The van der Waals surface area contributed by atoms with Crippen LogP contribution in [0.15, 0.2) is 12.1 Å². The maximum atomic E-state index is 6.19. The minimum atomic E-state index is 0.506. The van der Waals surface area contributed by atoms with Gasteiger partial charge in [-0.15, -0.1) is 0 Å². The molecule has 0 amide bonds. The van der Waals surface area contributed by atoms with Crippen LogP contribution in [0.5, 0.6) is 11.5 Å². The quantitative estimate of drug-likeness (QED) is 0.709. The lowest BCUT2D eigenvalue weighted by atomic mass is 10.1. The van der Waals surface area contributed by atoms with Gasteiger partial charge in [0.25, 0.3) is 0 Å². The zero-order valence-electron chi connectivity index (χ0n) is 10.4. The maximum Gasteiger partial charge on any atom is 0.179 e. The standard InChI is InChI=1S/C13H18BrClO2/c1-4-9(2)8-17-13-11(15)5-10(7-14)6-12(13)16-3/h5-6,9H,4,7-8H2,1-3H3. The summed E-state index contributed by atoms with van der Waals surface area (Å²) in [7, 11) is 1.62. The van der Waals surface area contributed by atoms with Gasteiger partial charge in [0.15, 0.2) is 11.5 Å². The van der Waals surface area contributed by atoms with Crippen LogP contribution >= 0.6 is 27.5 Å². The average molecular weight is 322 g/mol. The summed E-state index contributed by atoms with van der Waals surface area (Å²) in [6.07, 6.45) is 1.08. The number of rotatable bonds is 6. The van der Waals surface area contributed by atoms with Gasteiger partial charge in [-0.25, -0.2) is 0 Å². The highest BCUT2D eigenvalue weighted by Crippen LogP contribution is 2.37. The number of methoxy groups -OCH3 is 1. The Bertz CT molecular complexity index is 369. The van der Waals surface area contributed by atoms with Gasteiger partial charge in [-0.05, 0) is 23.6 Å². The second kappa shape index (κ2) is 7.12. The zero-order chi connectivity index (χ0) is 12.8. The van der Waals surface area contributed by atoms with E-state index in [1.807, 2.05) is 12.1 Å². The van der Waals surface area contributed by atoms with Gasteiger partial charge in [0.2, 0.25) is 0 Å². The number of ether oxygens (including phenoxy) is 2. The summed E-state index contributed by atoms with van der Waals surface area (Å²) >= 11 is 9.59. The monoisotopic (exact) mass is 320 g/mol. The van der Waals surface area contributed by atoms with Crippen molar-refractivity contribution in [2.24, 2.45) is 5.92 Å². The van der Waals surface area contributed by atoms with Gasteiger partial charge in [0.05, 0.1) is 18.7 Å². The molecule has 17 heavy (non-hydrogen) atoms. The second-order valence-electron chi connectivity index (χ2n) is 4.07. The summed E-state index contributed by atoms with van der Waals surface area (Å²) in [6.45, 7) is 4.94. The van der Waals surface area contributed by atoms with Crippen LogP contribution < -0.4 is 9.47 Å². The molecule has 1 rings (SSSR count). The minimum absolute atomic E-state index is 0.506. The molecule has 1 unspecified atom stereocenters. The molecule has 0 N–H and O–H groups in total. The van der Waals surface area contributed by atoms with E-state index in [0.29, 0.717) is 29.0 Å². The number of halogens is 2. The molecule has 2 nitrogen and oxygen atoms in total. The van der Waals surface area contributed by atoms with E-state index in [4.69, 9.17) is 21.1 Å². The Morgan fingerprint density at radius 2 is 2.12 bits per heavy atom. The van der Waals surface area contributed by atoms with Crippen molar-refractivity contribution in [3.05, 3.63) is 22.7 Å². The van der Waals surface area contributed by atoms with E-state index in [9.17, 15) is 0 Å². The number of hydrogen-bond donors (Lipinski definition) is 0. The molecule has 1 aromatic rings. The normalized spacial score (nSPS) is 12.3. The largest absolute Gasteiger partial charge is 0.493 e. The van der Waals surface area contributed by atoms with Crippen molar-refractivity contribution in [2.75, 3.05) is 13.7 Å². The van der Waals surface area contributed by atoms with Crippen LogP contribution in [0.2, 0.25) is 5.02 Å². The fourth-order valence-electron chi connectivity index (χ4n) is 1.33. The summed E-state index contributed by atoms with van der Waals surface area (Å²) in [5.41, 5.74) is 1.07. The first kappa shape index (κ1) is 14.7. The van der Waals surface area contributed by atoms with Gasteiger partial charge in [-0.1, -0.05) is 47.8 Å². The highest BCUT2D eigenvalue weighted by molar-refractivity contribution is 9.08. The first-order valence-electron chi connectivity index (χ1n) is 5.67. The van der Waals surface area contributed by atoms with Crippen LogP contribution in [0.1, 0.15) is 25.8 Å². The first-order valence-corrected chi connectivity index (χ1v) is 7.17. The highest BCUT2D eigenvalue weighted by Gasteiger charge is 2.12. The van der Waals surface area contributed by atoms with Crippen molar-refractivity contribution < 1.29 is 9.47 Å². The lowest BCUT2D eigenvalue weighted by Crippen LogP contribution is -2.08. The summed E-state index contributed by atoms with van der Waals surface area (Å²) in [6, 6.07) is 3.83. The van der Waals surface area contributed by atoms with Crippen LogP contribution in [0.25, 0.3) is 0 Å². The van der Waals surface area contributed by atoms with Gasteiger partial charge in [0, 0.05) is 5.33 Å². The fourth-order valence-corrected chi connectivity index (χ4v) is 1.95. The molecule has 0 radical (unpaired) electrons. The van der Waals surface area contributed by atoms with E-state index in [1.54, 1.807) is 7.11 Å². The topological polar surface area (TPSA) is 18.5 Å².